The van der Waals surface area contributed by atoms with Crippen LogP contribution in [0.15, 0.2) is 0 Å². The van der Waals surface area contributed by atoms with Crippen molar-refractivity contribution < 1.29 is 9.50 Å². The zero-order valence-corrected chi connectivity index (χ0v) is 6.74. The van der Waals surface area contributed by atoms with Crippen molar-refractivity contribution in [2.75, 3.05) is 18.1 Å². The largest absolute Gasteiger partial charge is 0.393 e. The van der Waals surface area contributed by atoms with Crippen molar-refractivity contribution >= 4 is 11.8 Å². The molecule has 2 unspecified atom stereocenters. The lowest BCUT2D eigenvalue weighted by Crippen LogP contribution is -2.24. The van der Waals surface area contributed by atoms with Crippen LogP contribution in [0.3, 0.4) is 0 Å². The van der Waals surface area contributed by atoms with Gasteiger partial charge in [0, 0.05) is 5.92 Å². The smallest absolute Gasteiger partial charge is 0.127 e. The van der Waals surface area contributed by atoms with Gasteiger partial charge in [-0.1, -0.05) is 0 Å². The van der Waals surface area contributed by atoms with Crippen LogP contribution in [0.1, 0.15) is 12.8 Å². The minimum atomic E-state index is -0.979. The van der Waals surface area contributed by atoms with Gasteiger partial charge in [0.25, 0.3) is 0 Å². The molecule has 0 amide bonds. The molecule has 0 aromatic rings. The van der Waals surface area contributed by atoms with Gasteiger partial charge in [-0.3, -0.25) is 0 Å². The van der Waals surface area contributed by atoms with Gasteiger partial charge < -0.3 is 5.11 Å². The summed E-state index contributed by atoms with van der Waals surface area (Å²) in [6.45, 7) is -0.300. The molecule has 1 rings (SSSR count). The molecule has 0 saturated carbocycles. The van der Waals surface area contributed by atoms with E-state index >= 15 is 0 Å². The molecule has 1 saturated heterocycles. The molecular formula is C7H13FOS. The zero-order chi connectivity index (χ0) is 7.40. The lowest BCUT2D eigenvalue weighted by atomic mass is 10.0. The van der Waals surface area contributed by atoms with Crippen LogP contribution in [0.4, 0.5) is 4.39 Å². The molecule has 1 N–H and O–H groups in total. The molecule has 1 fully saturated rings. The highest BCUT2D eigenvalue weighted by atomic mass is 32.2. The Labute approximate surface area is 65.0 Å². The predicted octanol–water partition coefficient (Wildman–Crippen LogP) is 1.46. The molecule has 0 bridgehead atoms. The summed E-state index contributed by atoms with van der Waals surface area (Å²) in [6, 6.07) is 0. The number of thioether (sulfide) groups is 1. The Hall–Kier alpha value is 0.240. The number of aliphatic hydroxyl groups excluding tert-OH is 1. The minimum Gasteiger partial charge on any atom is -0.393 e. The number of hydrogen-bond donors (Lipinski definition) is 1. The second-order valence-corrected chi connectivity index (χ2v) is 3.83. The van der Waals surface area contributed by atoms with E-state index in [-0.39, 0.29) is 12.5 Å². The first-order valence-electron chi connectivity index (χ1n) is 3.67. The molecule has 10 heavy (non-hydrogen) atoms. The molecule has 60 valence electrons. The Balaban J connectivity index is 2.24. The Morgan fingerprint density at radius 3 is 3.00 bits per heavy atom. The lowest BCUT2D eigenvalue weighted by Gasteiger charge is -2.23. The Morgan fingerprint density at radius 2 is 2.50 bits per heavy atom. The number of hydrogen-bond acceptors (Lipinski definition) is 2. The van der Waals surface area contributed by atoms with Gasteiger partial charge in [-0.05, 0) is 24.3 Å². The Bertz CT molecular complexity index is 93.6. The van der Waals surface area contributed by atoms with Crippen LogP contribution in [0, 0.1) is 5.92 Å². The van der Waals surface area contributed by atoms with Crippen LogP contribution in [0.25, 0.3) is 0 Å². The van der Waals surface area contributed by atoms with Gasteiger partial charge in [-0.15, -0.1) is 0 Å². The fourth-order valence-corrected chi connectivity index (χ4v) is 2.42. The van der Waals surface area contributed by atoms with Gasteiger partial charge in [0.05, 0.1) is 6.61 Å². The van der Waals surface area contributed by atoms with Crippen molar-refractivity contribution in [1.82, 2.24) is 0 Å². The number of halogens is 1. The molecule has 1 aliphatic rings. The van der Waals surface area contributed by atoms with Gasteiger partial charge in [-0.25, -0.2) is 4.39 Å². The summed E-state index contributed by atoms with van der Waals surface area (Å²) in [5.41, 5.74) is 0. The molecular weight excluding hydrogens is 151 g/mol. The first-order chi connectivity index (χ1) is 4.84. The quantitative estimate of drug-likeness (QED) is 0.666. The summed E-state index contributed by atoms with van der Waals surface area (Å²) in [7, 11) is 0. The molecule has 0 spiro atoms. The highest BCUT2D eigenvalue weighted by Gasteiger charge is 2.22. The third-order valence-electron chi connectivity index (χ3n) is 1.88. The zero-order valence-electron chi connectivity index (χ0n) is 5.92. The summed E-state index contributed by atoms with van der Waals surface area (Å²) in [5, 5.41) is 8.50. The van der Waals surface area contributed by atoms with E-state index in [4.69, 9.17) is 5.11 Å². The average Bonchev–Trinajstić information content (AvgIpc) is 2.05. The molecule has 1 nitrogen and oxygen atoms in total. The second kappa shape index (κ2) is 4.19. The van der Waals surface area contributed by atoms with Crippen molar-refractivity contribution in [3.05, 3.63) is 0 Å². The molecule has 0 aliphatic carbocycles. The third kappa shape index (κ3) is 2.13. The summed E-state index contributed by atoms with van der Waals surface area (Å²) in [4.78, 5) is 0. The van der Waals surface area contributed by atoms with Gasteiger partial charge in [-0.2, -0.15) is 11.8 Å². The van der Waals surface area contributed by atoms with Crippen molar-refractivity contribution in [2.24, 2.45) is 5.92 Å². The van der Waals surface area contributed by atoms with Crippen LogP contribution < -0.4 is 0 Å². The summed E-state index contributed by atoms with van der Waals surface area (Å²) in [6.07, 6.45) is 1.08. The molecule has 2 atom stereocenters. The van der Waals surface area contributed by atoms with Crippen LogP contribution in [0.5, 0.6) is 0 Å². The Kier molecular flexibility index (Phi) is 3.49. The number of rotatable bonds is 2. The maximum Gasteiger partial charge on any atom is 0.127 e. The van der Waals surface area contributed by atoms with Gasteiger partial charge in [0.1, 0.15) is 6.17 Å². The van der Waals surface area contributed by atoms with Crippen LogP contribution in [0.2, 0.25) is 0 Å². The topological polar surface area (TPSA) is 20.2 Å². The standard InChI is InChI=1S/C7H13FOS/c8-7(4-9)6-2-1-3-10-5-6/h6-7,9H,1-5H2. The predicted molar refractivity (Wildman–Crippen MR) is 42.0 cm³/mol. The van der Waals surface area contributed by atoms with Crippen LogP contribution in [-0.4, -0.2) is 29.4 Å². The molecule has 0 aromatic heterocycles. The molecule has 3 heteroatoms. The van der Waals surface area contributed by atoms with Crippen LogP contribution >= 0.6 is 11.8 Å². The highest BCUT2D eigenvalue weighted by molar-refractivity contribution is 7.99. The van der Waals surface area contributed by atoms with Crippen molar-refractivity contribution in [1.29, 1.82) is 0 Å². The van der Waals surface area contributed by atoms with Crippen LogP contribution in [-0.2, 0) is 0 Å². The molecule has 0 aromatic carbocycles. The first-order valence-corrected chi connectivity index (χ1v) is 4.82. The third-order valence-corrected chi connectivity index (χ3v) is 3.12. The van der Waals surface area contributed by atoms with E-state index in [1.807, 2.05) is 0 Å². The monoisotopic (exact) mass is 164 g/mol. The molecule has 1 aliphatic heterocycles. The average molecular weight is 164 g/mol. The number of alkyl halides is 1. The maximum atomic E-state index is 12.8. The normalized spacial score (nSPS) is 30.0. The van der Waals surface area contributed by atoms with E-state index in [9.17, 15) is 4.39 Å². The van der Waals surface area contributed by atoms with Gasteiger partial charge >= 0.3 is 0 Å². The van der Waals surface area contributed by atoms with E-state index < -0.39 is 6.17 Å². The Morgan fingerprint density at radius 1 is 1.70 bits per heavy atom. The second-order valence-electron chi connectivity index (χ2n) is 2.68. The lowest BCUT2D eigenvalue weighted by molar-refractivity contribution is 0.129. The molecule has 1 heterocycles. The first kappa shape index (κ1) is 8.34. The maximum absolute atomic E-state index is 12.8. The van der Waals surface area contributed by atoms with Crippen molar-refractivity contribution in [3.63, 3.8) is 0 Å². The van der Waals surface area contributed by atoms with Gasteiger partial charge in [0.2, 0.25) is 0 Å². The summed E-state index contributed by atoms with van der Waals surface area (Å²) < 4.78 is 12.8. The van der Waals surface area contributed by atoms with Crippen molar-refractivity contribution in [2.45, 2.75) is 19.0 Å². The summed E-state index contributed by atoms with van der Waals surface area (Å²) in [5.74, 6) is 2.17. The molecule has 0 radical (unpaired) electrons. The van der Waals surface area contributed by atoms with Crippen molar-refractivity contribution in [3.8, 4) is 0 Å². The van der Waals surface area contributed by atoms with E-state index in [0.29, 0.717) is 0 Å². The fourth-order valence-electron chi connectivity index (χ4n) is 1.20. The van der Waals surface area contributed by atoms with Gasteiger partial charge in [0.15, 0.2) is 0 Å². The van der Waals surface area contributed by atoms with E-state index in [2.05, 4.69) is 0 Å². The minimum absolute atomic E-state index is 0.115. The van der Waals surface area contributed by atoms with E-state index in [0.717, 1.165) is 24.3 Å². The van der Waals surface area contributed by atoms with E-state index in [1.54, 1.807) is 11.8 Å². The van der Waals surface area contributed by atoms with E-state index in [1.165, 1.54) is 0 Å². The number of aliphatic hydroxyl groups is 1. The fraction of sp³-hybridized carbons (Fsp3) is 1.00. The summed E-state index contributed by atoms with van der Waals surface area (Å²) >= 11 is 1.80. The SMILES string of the molecule is OCC(F)C1CCCSC1. The highest BCUT2D eigenvalue weighted by Crippen LogP contribution is 2.26.